The molecule has 1 aliphatic heterocycles. The summed E-state index contributed by atoms with van der Waals surface area (Å²) in [7, 11) is 0. The molecule has 0 aliphatic carbocycles. The van der Waals surface area contributed by atoms with Crippen LogP contribution in [0.1, 0.15) is 34.6 Å². The van der Waals surface area contributed by atoms with Gasteiger partial charge in [0.05, 0.1) is 34.7 Å². The number of aromatic nitrogens is 4. The predicted octanol–water partition coefficient (Wildman–Crippen LogP) is 2.48. The minimum absolute atomic E-state index is 0.113. The summed E-state index contributed by atoms with van der Waals surface area (Å²) in [5.41, 5.74) is 3.08. The molecule has 0 spiro atoms. The van der Waals surface area contributed by atoms with Crippen LogP contribution in [0.15, 0.2) is 17.9 Å². The first-order chi connectivity index (χ1) is 11.1. The van der Waals surface area contributed by atoms with Crippen LogP contribution in [-0.4, -0.2) is 37.4 Å². The summed E-state index contributed by atoms with van der Waals surface area (Å²) in [6.45, 7) is 5.40. The number of hydrogen-bond donors (Lipinski definition) is 1. The monoisotopic (exact) mass is 329 g/mol. The van der Waals surface area contributed by atoms with Crippen molar-refractivity contribution in [3.05, 3.63) is 34.7 Å². The van der Waals surface area contributed by atoms with Crippen molar-refractivity contribution < 1.29 is 9.90 Å². The summed E-state index contributed by atoms with van der Waals surface area (Å²) in [6.07, 6.45) is 3.01. The highest BCUT2D eigenvalue weighted by atomic mass is 32.1. The largest absolute Gasteiger partial charge is 0.478 e. The molecule has 1 aliphatic rings. The van der Waals surface area contributed by atoms with Gasteiger partial charge < -0.3 is 10.0 Å². The van der Waals surface area contributed by atoms with E-state index in [2.05, 4.69) is 25.3 Å². The van der Waals surface area contributed by atoms with E-state index >= 15 is 0 Å². The van der Waals surface area contributed by atoms with Gasteiger partial charge in [-0.05, 0) is 24.8 Å². The van der Waals surface area contributed by atoms with E-state index in [4.69, 9.17) is 0 Å². The molecule has 0 bridgehead atoms. The van der Waals surface area contributed by atoms with Gasteiger partial charge in [0.15, 0.2) is 5.82 Å². The van der Waals surface area contributed by atoms with Crippen LogP contribution in [-0.2, 0) is 6.54 Å². The average molecular weight is 329 g/mol. The fraction of sp³-hybridized carbons (Fsp3) is 0.333. The minimum Gasteiger partial charge on any atom is -0.478 e. The second-order valence-corrected chi connectivity index (χ2v) is 6.51. The Balaban J connectivity index is 1.84. The number of nitrogens with zero attached hydrogens (tertiary/aromatic N) is 5. The van der Waals surface area contributed by atoms with Crippen LogP contribution >= 0.6 is 11.3 Å². The normalized spacial score (nSPS) is 17.5. The van der Waals surface area contributed by atoms with Gasteiger partial charge in [-0.2, -0.15) is 5.10 Å². The van der Waals surface area contributed by atoms with Gasteiger partial charge in [0.25, 0.3) is 0 Å². The molecule has 1 N–H and O–H groups in total. The molecule has 1 atom stereocenters. The van der Waals surface area contributed by atoms with E-state index in [1.54, 1.807) is 22.3 Å². The molecule has 0 fully saturated rings. The third-order valence-corrected chi connectivity index (χ3v) is 5.39. The number of fused-ring (bicyclic) bond motifs is 2. The highest BCUT2D eigenvalue weighted by molar-refractivity contribution is 7.18. The van der Waals surface area contributed by atoms with Gasteiger partial charge >= 0.3 is 5.97 Å². The zero-order valence-corrected chi connectivity index (χ0v) is 13.5. The number of anilines is 1. The van der Waals surface area contributed by atoms with E-state index in [-0.39, 0.29) is 11.6 Å². The van der Waals surface area contributed by atoms with Crippen molar-refractivity contribution in [3.63, 3.8) is 0 Å². The second-order valence-electron chi connectivity index (χ2n) is 5.63. The first kappa shape index (κ1) is 14.1. The molecular formula is C15H15N5O2S. The van der Waals surface area contributed by atoms with Crippen molar-refractivity contribution in [3.8, 4) is 0 Å². The Labute approximate surface area is 136 Å². The van der Waals surface area contributed by atoms with Crippen LogP contribution in [0.2, 0.25) is 0 Å². The Bertz CT molecular complexity index is 916. The minimum atomic E-state index is -0.945. The van der Waals surface area contributed by atoms with Gasteiger partial charge in [0.1, 0.15) is 11.9 Å². The summed E-state index contributed by atoms with van der Waals surface area (Å²) in [5.74, 6) is -0.0795. The van der Waals surface area contributed by atoms with E-state index in [1.807, 2.05) is 13.8 Å². The Morgan fingerprint density at radius 2 is 2.22 bits per heavy atom. The molecule has 7 nitrogen and oxygen atoms in total. The highest BCUT2D eigenvalue weighted by Gasteiger charge is 2.31. The molecule has 3 aromatic rings. The molecule has 4 heterocycles. The first-order valence-electron chi connectivity index (χ1n) is 7.32. The molecule has 4 rings (SSSR count). The van der Waals surface area contributed by atoms with Gasteiger partial charge in [-0.3, -0.25) is 4.68 Å². The second kappa shape index (κ2) is 5.02. The van der Waals surface area contributed by atoms with Gasteiger partial charge in [-0.15, -0.1) is 11.3 Å². The fourth-order valence-corrected chi connectivity index (χ4v) is 4.18. The van der Waals surface area contributed by atoms with Crippen LogP contribution in [0.4, 0.5) is 5.82 Å². The summed E-state index contributed by atoms with van der Waals surface area (Å²) in [5, 5.41) is 15.7. The van der Waals surface area contributed by atoms with Gasteiger partial charge in [0.2, 0.25) is 0 Å². The molecule has 23 heavy (non-hydrogen) atoms. The number of aromatic carboxylic acids is 1. The lowest BCUT2D eigenvalue weighted by Crippen LogP contribution is -2.38. The summed E-state index contributed by atoms with van der Waals surface area (Å²) in [4.78, 5) is 22.4. The number of hydrogen-bond acceptors (Lipinski definition) is 6. The number of carbonyl (C=O) groups is 1. The van der Waals surface area contributed by atoms with Crippen LogP contribution < -0.4 is 4.90 Å². The predicted molar refractivity (Wildman–Crippen MR) is 87.1 cm³/mol. The molecule has 0 amide bonds. The fourth-order valence-electron chi connectivity index (χ4n) is 3.17. The highest BCUT2D eigenvalue weighted by Crippen LogP contribution is 2.37. The van der Waals surface area contributed by atoms with Crippen LogP contribution in [0.25, 0.3) is 10.2 Å². The lowest BCUT2D eigenvalue weighted by atomic mass is 10.1. The van der Waals surface area contributed by atoms with Crippen molar-refractivity contribution in [2.24, 2.45) is 0 Å². The van der Waals surface area contributed by atoms with Crippen molar-refractivity contribution in [1.29, 1.82) is 0 Å². The Morgan fingerprint density at radius 3 is 3.00 bits per heavy atom. The van der Waals surface area contributed by atoms with Gasteiger partial charge in [0, 0.05) is 6.54 Å². The number of rotatable bonds is 2. The van der Waals surface area contributed by atoms with Crippen molar-refractivity contribution >= 4 is 33.3 Å². The lowest BCUT2D eigenvalue weighted by molar-refractivity contribution is 0.0694. The molecule has 0 saturated heterocycles. The number of thiophene rings is 1. The molecule has 1 unspecified atom stereocenters. The summed E-state index contributed by atoms with van der Waals surface area (Å²) < 4.78 is 2.82. The summed E-state index contributed by atoms with van der Waals surface area (Å²) >= 11 is 1.62. The van der Waals surface area contributed by atoms with Crippen LogP contribution in [0, 0.1) is 6.92 Å². The van der Waals surface area contributed by atoms with E-state index in [0.29, 0.717) is 6.54 Å². The lowest BCUT2D eigenvalue weighted by Gasteiger charge is -2.35. The maximum atomic E-state index is 11.4. The average Bonchev–Trinajstić information content (AvgIpc) is 3.13. The standard InChI is InChI=1S/C15H15N5O2S/c1-8-6-23-13-11(8)16-7-17-14(13)19-3-4-20-12(9(19)2)10(5-18-20)15(21)22/h5-7,9H,3-4H2,1-2H3,(H,21,22). The SMILES string of the molecule is Cc1csc2c(N3CCn4ncc(C(=O)O)c4C3C)ncnc12. The molecule has 3 aromatic heterocycles. The van der Waals surface area contributed by atoms with Gasteiger partial charge in [-0.1, -0.05) is 0 Å². The quantitative estimate of drug-likeness (QED) is 0.777. The zero-order chi connectivity index (χ0) is 16.1. The molecule has 118 valence electrons. The van der Waals surface area contributed by atoms with E-state index in [1.165, 1.54) is 6.20 Å². The number of aryl methyl sites for hydroxylation is 1. The van der Waals surface area contributed by atoms with E-state index in [9.17, 15) is 9.90 Å². The van der Waals surface area contributed by atoms with E-state index in [0.717, 1.165) is 33.8 Å². The molecular weight excluding hydrogens is 314 g/mol. The van der Waals surface area contributed by atoms with Crippen LogP contribution in [0.3, 0.4) is 0 Å². The molecule has 8 heteroatoms. The van der Waals surface area contributed by atoms with Crippen molar-refractivity contribution in [1.82, 2.24) is 19.7 Å². The maximum absolute atomic E-state index is 11.4. The summed E-state index contributed by atoms with van der Waals surface area (Å²) in [6, 6.07) is -0.113. The number of carboxylic acids is 1. The third kappa shape index (κ3) is 2.02. The smallest absolute Gasteiger partial charge is 0.339 e. The Morgan fingerprint density at radius 1 is 1.39 bits per heavy atom. The zero-order valence-electron chi connectivity index (χ0n) is 12.7. The molecule has 0 aromatic carbocycles. The Hall–Kier alpha value is -2.48. The number of carboxylic acid groups (broad SMARTS) is 1. The van der Waals surface area contributed by atoms with Crippen molar-refractivity contribution in [2.75, 3.05) is 11.4 Å². The third-order valence-electron chi connectivity index (χ3n) is 4.31. The Kier molecular flexibility index (Phi) is 3.08. The molecule has 0 radical (unpaired) electrons. The first-order valence-corrected chi connectivity index (χ1v) is 8.20. The van der Waals surface area contributed by atoms with Gasteiger partial charge in [-0.25, -0.2) is 14.8 Å². The van der Waals surface area contributed by atoms with Crippen LogP contribution in [0.5, 0.6) is 0 Å². The topological polar surface area (TPSA) is 84.1 Å². The maximum Gasteiger partial charge on any atom is 0.339 e. The van der Waals surface area contributed by atoms with E-state index < -0.39 is 5.97 Å². The van der Waals surface area contributed by atoms with Crippen molar-refractivity contribution in [2.45, 2.75) is 26.4 Å². The molecule has 0 saturated carbocycles.